The first-order valence-electron chi connectivity index (χ1n) is 9.43. The van der Waals surface area contributed by atoms with Gasteiger partial charge in [0.05, 0.1) is 12.2 Å². The van der Waals surface area contributed by atoms with Crippen molar-refractivity contribution in [1.29, 1.82) is 0 Å². The van der Waals surface area contributed by atoms with Crippen LogP contribution in [0.3, 0.4) is 0 Å². The van der Waals surface area contributed by atoms with Crippen molar-refractivity contribution in [2.24, 2.45) is 5.41 Å². The van der Waals surface area contributed by atoms with Crippen molar-refractivity contribution < 1.29 is 9.84 Å². The Morgan fingerprint density at radius 3 is 2.77 bits per heavy atom. The van der Waals surface area contributed by atoms with Gasteiger partial charge in [0, 0.05) is 61.2 Å². The maximum Gasteiger partial charge on any atom is 0.163 e. The average molecular weight is 354 g/mol. The van der Waals surface area contributed by atoms with Crippen LogP contribution in [0.5, 0.6) is 0 Å². The van der Waals surface area contributed by atoms with Crippen LogP contribution < -0.4 is 4.90 Å². The highest BCUT2D eigenvalue weighted by Crippen LogP contribution is 2.51. The van der Waals surface area contributed by atoms with Crippen LogP contribution in [-0.2, 0) is 4.74 Å². The molecule has 1 spiro atoms. The number of piperidine rings is 1. The highest BCUT2D eigenvalue weighted by atomic mass is 16.5. The molecule has 1 saturated carbocycles. The number of anilines is 1. The van der Waals surface area contributed by atoms with Gasteiger partial charge in [-0.1, -0.05) is 0 Å². The summed E-state index contributed by atoms with van der Waals surface area (Å²) in [6.45, 7) is 6.49. The number of aliphatic hydroxyl groups excluding tert-OH is 1. The monoisotopic (exact) mass is 354 g/mol. The summed E-state index contributed by atoms with van der Waals surface area (Å²) in [5.41, 5.74) is 1.81. The fourth-order valence-electron chi connectivity index (χ4n) is 4.31. The van der Waals surface area contributed by atoms with Crippen LogP contribution in [0, 0.1) is 12.3 Å². The fraction of sp³-hybridized carbons (Fsp3) is 0.550. The van der Waals surface area contributed by atoms with Crippen molar-refractivity contribution in [1.82, 2.24) is 15.0 Å². The van der Waals surface area contributed by atoms with E-state index in [4.69, 9.17) is 9.72 Å². The average Bonchev–Trinajstić information content (AvgIpc) is 2.68. The zero-order valence-electron chi connectivity index (χ0n) is 15.4. The Morgan fingerprint density at radius 1 is 1.31 bits per heavy atom. The minimum Gasteiger partial charge on any atom is -0.392 e. The summed E-state index contributed by atoms with van der Waals surface area (Å²) < 4.78 is 5.87. The lowest BCUT2D eigenvalue weighted by Gasteiger charge is -2.56. The lowest BCUT2D eigenvalue weighted by Crippen LogP contribution is -2.62. The molecule has 0 bridgehead atoms. The second kappa shape index (κ2) is 6.93. The van der Waals surface area contributed by atoms with Crippen molar-refractivity contribution >= 4 is 5.82 Å². The van der Waals surface area contributed by atoms with Crippen LogP contribution in [0.2, 0.25) is 0 Å². The molecule has 3 heterocycles. The number of ether oxygens (including phenoxy) is 1. The van der Waals surface area contributed by atoms with Gasteiger partial charge >= 0.3 is 0 Å². The second-order valence-electron chi connectivity index (χ2n) is 7.35. The number of hydrogen-bond donors (Lipinski definition) is 1. The molecule has 2 aliphatic rings. The Hall–Kier alpha value is -2.05. The summed E-state index contributed by atoms with van der Waals surface area (Å²) >= 11 is 0. The van der Waals surface area contributed by atoms with Gasteiger partial charge in [-0.3, -0.25) is 4.98 Å². The van der Waals surface area contributed by atoms with E-state index < -0.39 is 0 Å². The maximum atomic E-state index is 10.4. The molecule has 2 atom stereocenters. The van der Waals surface area contributed by atoms with Crippen LogP contribution in [0.1, 0.15) is 31.9 Å². The minimum atomic E-state index is -0.237. The number of aryl methyl sites for hydroxylation is 1. The van der Waals surface area contributed by atoms with E-state index in [1.54, 1.807) is 12.4 Å². The Balaban J connectivity index is 1.52. The van der Waals surface area contributed by atoms with Crippen LogP contribution >= 0.6 is 0 Å². The summed E-state index contributed by atoms with van der Waals surface area (Å²) in [5.74, 6) is 1.66. The van der Waals surface area contributed by atoms with Gasteiger partial charge in [-0.05, 0) is 38.8 Å². The van der Waals surface area contributed by atoms with Crippen molar-refractivity contribution in [3.8, 4) is 11.4 Å². The number of aromatic nitrogens is 3. The molecule has 4 rings (SSSR count). The molecule has 0 radical (unpaired) electrons. The van der Waals surface area contributed by atoms with E-state index in [-0.39, 0.29) is 17.6 Å². The summed E-state index contributed by atoms with van der Waals surface area (Å²) in [5, 5.41) is 10.4. The quantitative estimate of drug-likeness (QED) is 0.910. The first kappa shape index (κ1) is 17.4. The van der Waals surface area contributed by atoms with E-state index in [0.29, 0.717) is 12.4 Å². The van der Waals surface area contributed by atoms with E-state index in [1.165, 1.54) is 0 Å². The zero-order chi connectivity index (χ0) is 18.1. The van der Waals surface area contributed by atoms with E-state index in [9.17, 15) is 5.11 Å². The van der Waals surface area contributed by atoms with Crippen molar-refractivity contribution in [2.75, 3.05) is 24.6 Å². The van der Waals surface area contributed by atoms with Gasteiger partial charge in [-0.2, -0.15) is 0 Å². The largest absolute Gasteiger partial charge is 0.392 e. The first-order chi connectivity index (χ1) is 12.6. The zero-order valence-corrected chi connectivity index (χ0v) is 15.4. The second-order valence-corrected chi connectivity index (χ2v) is 7.35. The molecule has 1 N–H and O–H groups in total. The normalized spacial score (nSPS) is 24.5. The molecule has 6 nitrogen and oxygen atoms in total. The third kappa shape index (κ3) is 2.97. The molecule has 2 unspecified atom stereocenters. The Labute approximate surface area is 154 Å². The molecule has 138 valence electrons. The van der Waals surface area contributed by atoms with Gasteiger partial charge in [0.15, 0.2) is 5.82 Å². The molecule has 2 aromatic rings. The molecule has 26 heavy (non-hydrogen) atoms. The molecule has 0 amide bonds. The van der Waals surface area contributed by atoms with E-state index >= 15 is 0 Å². The molecular formula is C20H26N4O2. The summed E-state index contributed by atoms with van der Waals surface area (Å²) in [6, 6.07) is 5.92. The molecule has 2 aromatic heterocycles. The molecule has 0 aromatic carbocycles. The Morgan fingerprint density at radius 2 is 2.12 bits per heavy atom. The molecule has 2 fully saturated rings. The van der Waals surface area contributed by atoms with Crippen LogP contribution in [0.4, 0.5) is 5.82 Å². The molecule has 1 aliphatic heterocycles. The smallest absolute Gasteiger partial charge is 0.163 e. The predicted octanol–water partition coefficient (Wildman–Crippen LogP) is 2.60. The Kier molecular flexibility index (Phi) is 4.63. The van der Waals surface area contributed by atoms with Gasteiger partial charge in [0.1, 0.15) is 5.82 Å². The van der Waals surface area contributed by atoms with Crippen molar-refractivity contribution in [2.45, 2.75) is 45.3 Å². The third-order valence-electron chi connectivity index (χ3n) is 5.89. The topological polar surface area (TPSA) is 71.4 Å². The van der Waals surface area contributed by atoms with Gasteiger partial charge < -0.3 is 14.7 Å². The third-order valence-corrected chi connectivity index (χ3v) is 5.89. The number of rotatable bonds is 4. The molecule has 1 aliphatic carbocycles. The predicted molar refractivity (Wildman–Crippen MR) is 99.9 cm³/mol. The number of pyridine rings is 1. The molecular weight excluding hydrogens is 328 g/mol. The fourth-order valence-corrected chi connectivity index (χ4v) is 4.31. The Bertz CT molecular complexity index is 758. The van der Waals surface area contributed by atoms with E-state index in [1.807, 2.05) is 32.0 Å². The number of nitrogens with zero attached hydrogens (tertiary/aromatic N) is 4. The summed E-state index contributed by atoms with van der Waals surface area (Å²) in [4.78, 5) is 15.8. The summed E-state index contributed by atoms with van der Waals surface area (Å²) in [7, 11) is 0. The standard InChI is InChI=1S/C20H26N4O2/c1-3-26-17-12-16(25)20(17)6-9-24(10-7-20)18-11-14(2)22-19(23-18)15-5-4-8-21-13-15/h4-5,8,11,13,16-17,25H,3,6-7,9-10,12H2,1-2H3. The van der Waals surface area contributed by atoms with E-state index in [2.05, 4.69) is 14.9 Å². The highest BCUT2D eigenvalue weighted by molar-refractivity contribution is 5.56. The highest BCUT2D eigenvalue weighted by Gasteiger charge is 2.56. The molecule has 6 heteroatoms. The van der Waals surface area contributed by atoms with Crippen molar-refractivity contribution in [3.63, 3.8) is 0 Å². The lowest BCUT2D eigenvalue weighted by molar-refractivity contribution is -0.199. The first-order valence-corrected chi connectivity index (χ1v) is 9.43. The van der Waals surface area contributed by atoms with Crippen LogP contribution in [0.25, 0.3) is 11.4 Å². The number of aliphatic hydroxyl groups is 1. The van der Waals surface area contributed by atoms with Gasteiger partial charge in [0.25, 0.3) is 0 Å². The van der Waals surface area contributed by atoms with Gasteiger partial charge in [-0.15, -0.1) is 0 Å². The van der Waals surface area contributed by atoms with Crippen molar-refractivity contribution in [3.05, 3.63) is 36.3 Å². The van der Waals surface area contributed by atoms with Crippen LogP contribution in [-0.4, -0.2) is 52.0 Å². The number of hydrogen-bond acceptors (Lipinski definition) is 6. The SMILES string of the molecule is CCOC1CC(O)C12CCN(c1cc(C)nc(-c3cccnc3)n1)CC2. The van der Waals surface area contributed by atoms with E-state index in [0.717, 1.165) is 49.4 Å². The molecule has 1 saturated heterocycles. The lowest BCUT2D eigenvalue weighted by atomic mass is 9.58. The van der Waals surface area contributed by atoms with Gasteiger partial charge in [0.2, 0.25) is 0 Å². The maximum absolute atomic E-state index is 10.4. The minimum absolute atomic E-state index is 0.0687. The van der Waals surface area contributed by atoms with Gasteiger partial charge in [-0.25, -0.2) is 9.97 Å². The van der Waals surface area contributed by atoms with Crippen LogP contribution in [0.15, 0.2) is 30.6 Å². The summed E-state index contributed by atoms with van der Waals surface area (Å²) in [6.07, 6.45) is 6.14.